The molecule has 1 heterocycles. The number of benzene rings is 2. The fraction of sp³-hybridized carbons (Fsp3) is 0.381. The molecular weight excluding hydrogens is 430 g/mol. The summed E-state index contributed by atoms with van der Waals surface area (Å²) in [6, 6.07) is 10.7. The molecule has 0 radical (unpaired) electrons. The Labute approximate surface area is 181 Å². The number of anilines is 1. The molecule has 0 aliphatic carbocycles. The van der Waals surface area contributed by atoms with E-state index in [4.69, 9.17) is 25.8 Å². The third-order valence-electron chi connectivity index (χ3n) is 5.04. The molecule has 3 rings (SSSR count). The van der Waals surface area contributed by atoms with E-state index in [1.165, 1.54) is 48.9 Å². The summed E-state index contributed by atoms with van der Waals surface area (Å²) in [5.41, 5.74) is 0.512. The first-order valence-electron chi connectivity index (χ1n) is 9.49. The number of halogens is 1. The van der Waals surface area contributed by atoms with Crippen LogP contribution in [0.1, 0.15) is 23.2 Å². The summed E-state index contributed by atoms with van der Waals surface area (Å²) >= 11 is 5.93. The molecular formula is C21H24ClNO6S. The summed E-state index contributed by atoms with van der Waals surface area (Å²) in [6.45, 7) is 1.45. The van der Waals surface area contributed by atoms with E-state index < -0.39 is 16.0 Å². The average Bonchev–Trinajstić information content (AvgIpc) is 2.77. The number of esters is 1. The average molecular weight is 454 g/mol. The standard InChI is InChI=1S/C21H24ClNO6S/c1-27-20-8-5-17(13-19(20)21(24)28-2)23(14-15-9-11-29-12-10-15)30(25,26)18-6-3-16(22)4-7-18/h3-8,13,15H,9-12,14H2,1-2H3. The maximum atomic E-state index is 13.5. The second-order valence-electron chi connectivity index (χ2n) is 6.92. The number of carbonyl (C=O) groups excluding carboxylic acids is 1. The first kappa shape index (κ1) is 22.4. The van der Waals surface area contributed by atoms with Crippen LogP contribution in [0.25, 0.3) is 0 Å². The molecule has 0 bridgehead atoms. The number of sulfonamides is 1. The highest BCUT2D eigenvalue weighted by molar-refractivity contribution is 7.92. The van der Waals surface area contributed by atoms with Gasteiger partial charge in [0.1, 0.15) is 11.3 Å². The van der Waals surface area contributed by atoms with Crippen molar-refractivity contribution < 1.29 is 27.4 Å². The van der Waals surface area contributed by atoms with Crippen molar-refractivity contribution in [2.24, 2.45) is 5.92 Å². The quantitative estimate of drug-likeness (QED) is 0.594. The minimum absolute atomic E-state index is 0.120. The van der Waals surface area contributed by atoms with Crippen LogP contribution in [0.15, 0.2) is 47.4 Å². The molecule has 0 saturated carbocycles. The second kappa shape index (κ2) is 9.68. The van der Waals surface area contributed by atoms with E-state index in [0.717, 1.165) is 12.8 Å². The zero-order valence-corrected chi connectivity index (χ0v) is 18.4. The Kier molecular flexibility index (Phi) is 7.23. The highest BCUT2D eigenvalue weighted by Crippen LogP contribution is 2.32. The van der Waals surface area contributed by atoms with Crippen molar-refractivity contribution >= 4 is 33.3 Å². The summed E-state index contributed by atoms with van der Waals surface area (Å²) < 4.78 is 43.9. The number of hydrogen-bond acceptors (Lipinski definition) is 6. The lowest BCUT2D eigenvalue weighted by Crippen LogP contribution is -2.37. The van der Waals surface area contributed by atoms with Crippen LogP contribution in [0.4, 0.5) is 5.69 Å². The fourth-order valence-electron chi connectivity index (χ4n) is 3.36. The van der Waals surface area contributed by atoms with Crippen molar-refractivity contribution in [3.63, 3.8) is 0 Å². The Morgan fingerprint density at radius 2 is 1.80 bits per heavy atom. The van der Waals surface area contributed by atoms with Crippen molar-refractivity contribution in [3.8, 4) is 5.75 Å². The van der Waals surface area contributed by atoms with Crippen molar-refractivity contribution in [1.82, 2.24) is 0 Å². The Morgan fingerprint density at radius 3 is 2.40 bits per heavy atom. The van der Waals surface area contributed by atoms with Gasteiger partial charge in [0.2, 0.25) is 0 Å². The zero-order valence-electron chi connectivity index (χ0n) is 16.8. The lowest BCUT2D eigenvalue weighted by atomic mass is 10.0. The molecule has 1 aliphatic heterocycles. The molecule has 0 unspecified atom stereocenters. The van der Waals surface area contributed by atoms with Gasteiger partial charge in [0.05, 0.1) is 24.8 Å². The van der Waals surface area contributed by atoms with Gasteiger partial charge in [0, 0.05) is 24.8 Å². The molecule has 0 spiro atoms. The van der Waals surface area contributed by atoms with Crippen LogP contribution in [0.2, 0.25) is 5.02 Å². The minimum Gasteiger partial charge on any atom is -0.496 e. The van der Waals surface area contributed by atoms with Crippen LogP contribution in [0.3, 0.4) is 0 Å². The number of ether oxygens (including phenoxy) is 3. The number of rotatable bonds is 7. The third-order valence-corrected chi connectivity index (χ3v) is 7.10. The Bertz CT molecular complexity index is 987. The van der Waals surface area contributed by atoms with Gasteiger partial charge in [-0.05, 0) is 61.2 Å². The predicted octanol–water partition coefficient (Wildman–Crippen LogP) is 3.76. The van der Waals surface area contributed by atoms with Gasteiger partial charge in [-0.1, -0.05) is 11.6 Å². The molecule has 1 saturated heterocycles. The molecule has 30 heavy (non-hydrogen) atoms. The molecule has 1 aliphatic rings. The number of methoxy groups -OCH3 is 2. The largest absolute Gasteiger partial charge is 0.496 e. The van der Waals surface area contributed by atoms with Crippen molar-refractivity contribution in [2.45, 2.75) is 17.7 Å². The van der Waals surface area contributed by atoms with Gasteiger partial charge in [-0.2, -0.15) is 0 Å². The van der Waals surface area contributed by atoms with Crippen LogP contribution < -0.4 is 9.04 Å². The summed E-state index contributed by atoms with van der Waals surface area (Å²) in [5.74, 6) is -0.173. The monoisotopic (exact) mass is 453 g/mol. The lowest BCUT2D eigenvalue weighted by molar-refractivity contribution is 0.0597. The molecule has 0 N–H and O–H groups in total. The van der Waals surface area contributed by atoms with Crippen molar-refractivity contribution in [1.29, 1.82) is 0 Å². The highest BCUT2D eigenvalue weighted by Gasteiger charge is 2.30. The van der Waals surface area contributed by atoms with Crippen LogP contribution in [-0.4, -0.2) is 48.4 Å². The smallest absolute Gasteiger partial charge is 0.341 e. The minimum atomic E-state index is -3.90. The van der Waals surface area contributed by atoms with Crippen LogP contribution in [0.5, 0.6) is 5.75 Å². The first-order valence-corrected chi connectivity index (χ1v) is 11.3. The summed E-state index contributed by atoms with van der Waals surface area (Å²) in [5, 5.41) is 0.447. The van der Waals surface area contributed by atoms with Gasteiger partial charge in [-0.15, -0.1) is 0 Å². The van der Waals surface area contributed by atoms with Crippen LogP contribution >= 0.6 is 11.6 Å². The maximum absolute atomic E-state index is 13.5. The summed E-state index contributed by atoms with van der Waals surface area (Å²) in [7, 11) is -1.20. The van der Waals surface area contributed by atoms with Crippen molar-refractivity contribution in [2.75, 3.05) is 38.3 Å². The molecule has 2 aromatic rings. The van der Waals surface area contributed by atoms with Crippen molar-refractivity contribution in [3.05, 3.63) is 53.1 Å². The van der Waals surface area contributed by atoms with Gasteiger partial charge in [-0.3, -0.25) is 4.31 Å². The lowest BCUT2D eigenvalue weighted by Gasteiger charge is -2.31. The van der Waals surface area contributed by atoms with E-state index in [2.05, 4.69) is 0 Å². The molecule has 0 aromatic heterocycles. The number of hydrogen-bond donors (Lipinski definition) is 0. The zero-order chi connectivity index (χ0) is 21.7. The topological polar surface area (TPSA) is 82.1 Å². The van der Waals surface area contributed by atoms with E-state index in [-0.39, 0.29) is 22.9 Å². The highest BCUT2D eigenvalue weighted by atomic mass is 35.5. The van der Waals surface area contributed by atoms with Gasteiger partial charge in [-0.25, -0.2) is 13.2 Å². The Hall–Kier alpha value is -2.29. The fourth-order valence-corrected chi connectivity index (χ4v) is 5.02. The molecule has 7 nitrogen and oxygen atoms in total. The molecule has 9 heteroatoms. The predicted molar refractivity (Wildman–Crippen MR) is 114 cm³/mol. The molecule has 0 amide bonds. The van der Waals surface area contributed by atoms with Crippen LogP contribution in [-0.2, 0) is 19.5 Å². The van der Waals surface area contributed by atoms with E-state index in [0.29, 0.717) is 29.7 Å². The normalized spacial score (nSPS) is 14.9. The van der Waals surface area contributed by atoms with Gasteiger partial charge in [0.25, 0.3) is 10.0 Å². The molecule has 0 atom stereocenters. The first-order chi connectivity index (χ1) is 14.4. The SMILES string of the molecule is COC(=O)c1cc(N(CC2CCOCC2)S(=O)(=O)c2ccc(Cl)cc2)ccc1OC. The van der Waals surface area contributed by atoms with Gasteiger partial charge < -0.3 is 14.2 Å². The summed E-state index contributed by atoms with van der Waals surface area (Å²) in [4.78, 5) is 12.3. The molecule has 162 valence electrons. The van der Waals surface area contributed by atoms with E-state index in [1.807, 2.05) is 0 Å². The Morgan fingerprint density at radius 1 is 1.13 bits per heavy atom. The second-order valence-corrected chi connectivity index (χ2v) is 9.22. The van der Waals surface area contributed by atoms with E-state index in [1.54, 1.807) is 12.1 Å². The number of nitrogens with zero attached hydrogens (tertiary/aromatic N) is 1. The number of carbonyl (C=O) groups is 1. The van der Waals surface area contributed by atoms with Gasteiger partial charge >= 0.3 is 5.97 Å². The molecule has 1 fully saturated rings. The van der Waals surface area contributed by atoms with Crippen LogP contribution in [0, 0.1) is 5.92 Å². The maximum Gasteiger partial charge on any atom is 0.341 e. The van der Waals surface area contributed by atoms with Gasteiger partial charge in [0.15, 0.2) is 0 Å². The third kappa shape index (κ3) is 4.88. The van der Waals surface area contributed by atoms with E-state index >= 15 is 0 Å². The molecule has 2 aromatic carbocycles. The Balaban J connectivity index is 2.07. The summed E-state index contributed by atoms with van der Waals surface area (Å²) in [6.07, 6.45) is 1.51. The van der Waals surface area contributed by atoms with E-state index in [9.17, 15) is 13.2 Å².